The van der Waals surface area contributed by atoms with Gasteiger partial charge in [0.15, 0.2) is 5.13 Å². The molecular weight excluding hydrogens is 412 g/mol. The van der Waals surface area contributed by atoms with E-state index in [0.717, 1.165) is 29.0 Å². The monoisotopic (exact) mass is 442 g/mol. The fraction of sp³-hybridized carbons (Fsp3) is 0.478. The van der Waals surface area contributed by atoms with E-state index < -0.39 is 17.5 Å². The van der Waals surface area contributed by atoms with Crippen LogP contribution in [-0.4, -0.2) is 39.8 Å². The summed E-state index contributed by atoms with van der Waals surface area (Å²) in [5, 5.41) is 7.85. The minimum atomic E-state index is -0.892. The van der Waals surface area contributed by atoms with Crippen LogP contribution in [-0.2, 0) is 9.59 Å². The van der Waals surface area contributed by atoms with Crippen molar-refractivity contribution in [2.45, 2.75) is 64.8 Å². The highest BCUT2D eigenvalue weighted by Crippen LogP contribution is 2.29. The summed E-state index contributed by atoms with van der Waals surface area (Å²) in [5.41, 5.74) is 2.11. The molecule has 1 aromatic carbocycles. The van der Waals surface area contributed by atoms with Gasteiger partial charge in [0.05, 0.1) is 5.69 Å². The molecule has 7 nitrogen and oxygen atoms in total. The summed E-state index contributed by atoms with van der Waals surface area (Å²) in [6.07, 6.45) is 2.67. The lowest BCUT2D eigenvalue weighted by atomic mass is 9.88. The molecular formula is C23H30N4O3S. The van der Waals surface area contributed by atoms with Crippen molar-refractivity contribution in [1.82, 2.24) is 15.2 Å². The zero-order valence-electron chi connectivity index (χ0n) is 18.5. The number of rotatable bonds is 9. The molecule has 0 bridgehead atoms. The molecule has 0 atom stereocenters. The summed E-state index contributed by atoms with van der Waals surface area (Å²) in [5.74, 6) is -0.303. The Balaban J connectivity index is 1.65. The van der Waals surface area contributed by atoms with E-state index in [-0.39, 0.29) is 12.5 Å². The van der Waals surface area contributed by atoms with E-state index in [0.29, 0.717) is 23.9 Å². The SMILES string of the molecule is CCCC1(CCC)NC(=O)N(CC(=O)Nc2nc(-c3ccc(C(C)C)cc3)cs2)C1=O. The molecule has 0 aliphatic carbocycles. The Morgan fingerprint density at radius 3 is 2.39 bits per heavy atom. The number of nitrogens with one attached hydrogen (secondary N) is 2. The molecule has 2 heterocycles. The smallest absolute Gasteiger partial charge is 0.323 e. The Labute approximate surface area is 187 Å². The van der Waals surface area contributed by atoms with Crippen LogP contribution in [0, 0.1) is 0 Å². The molecule has 0 spiro atoms. The number of thiazole rings is 1. The second-order valence-electron chi connectivity index (χ2n) is 8.27. The molecule has 4 amide bonds. The first-order chi connectivity index (χ1) is 14.8. The van der Waals surface area contributed by atoms with Gasteiger partial charge in [-0.25, -0.2) is 9.78 Å². The maximum Gasteiger partial charge on any atom is 0.325 e. The summed E-state index contributed by atoms with van der Waals surface area (Å²) >= 11 is 1.31. The Kier molecular flexibility index (Phi) is 7.10. The average molecular weight is 443 g/mol. The predicted octanol–water partition coefficient (Wildman–Crippen LogP) is 4.76. The van der Waals surface area contributed by atoms with Crippen molar-refractivity contribution in [2.24, 2.45) is 0 Å². The number of urea groups is 1. The normalized spacial score (nSPS) is 15.5. The molecule has 1 aromatic heterocycles. The molecule has 8 heteroatoms. The molecule has 1 saturated heterocycles. The van der Waals surface area contributed by atoms with Crippen LogP contribution in [0.1, 0.15) is 64.9 Å². The summed E-state index contributed by atoms with van der Waals surface area (Å²) in [6.45, 7) is 7.92. The van der Waals surface area contributed by atoms with Gasteiger partial charge in [0.25, 0.3) is 5.91 Å². The standard InChI is InChI=1S/C23H30N4O3S/c1-5-11-23(12-6-2)20(29)27(22(30)26-23)13-19(28)25-21-24-18(14-31-21)17-9-7-16(8-10-17)15(3)4/h7-10,14-15H,5-6,11-13H2,1-4H3,(H,26,30)(H,24,25,28). The molecule has 2 N–H and O–H groups in total. The maximum absolute atomic E-state index is 12.9. The quantitative estimate of drug-likeness (QED) is 0.548. The Morgan fingerprint density at radius 1 is 1.16 bits per heavy atom. The molecule has 0 saturated carbocycles. The van der Waals surface area contributed by atoms with Gasteiger partial charge < -0.3 is 10.6 Å². The van der Waals surface area contributed by atoms with Crippen molar-refractivity contribution in [2.75, 3.05) is 11.9 Å². The van der Waals surface area contributed by atoms with Crippen LogP contribution in [0.25, 0.3) is 11.3 Å². The number of aromatic nitrogens is 1. The Bertz CT molecular complexity index is 946. The molecule has 3 rings (SSSR count). The van der Waals surface area contributed by atoms with Crippen molar-refractivity contribution in [3.8, 4) is 11.3 Å². The van der Waals surface area contributed by atoms with E-state index in [1.165, 1.54) is 16.9 Å². The van der Waals surface area contributed by atoms with Gasteiger partial charge in [-0.3, -0.25) is 14.5 Å². The van der Waals surface area contributed by atoms with Crippen LogP contribution in [0.15, 0.2) is 29.6 Å². The summed E-state index contributed by atoms with van der Waals surface area (Å²) in [6, 6.07) is 7.68. The van der Waals surface area contributed by atoms with Crippen molar-refractivity contribution in [3.63, 3.8) is 0 Å². The van der Waals surface area contributed by atoms with Gasteiger partial charge in [-0.2, -0.15) is 0 Å². The fourth-order valence-corrected chi connectivity index (χ4v) is 4.68. The van der Waals surface area contributed by atoms with E-state index >= 15 is 0 Å². The largest absolute Gasteiger partial charge is 0.325 e. The second kappa shape index (κ2) is 9.60. The van der Waals surface area contributed by atoms with Crippen LogP contribution in [0.3, 0.4) is 0 Å². The van der Waals surface area contributed by atoms with Gasteiger partial charge in [0.1, 0.15) is 12.1 Å². The van der Waals surface area contributed by atoms with E-state index in [4.69, 9.17) is 0 Å². The number of carbonyl (C=O) groups excluding carboxylic acids is 3. The number of imide groups is 1. The van der Waals surface area contributed by atoms with Crippen molar-refractivity contribution in [3.05, 3.63) is 35.2 Å². The van der Waals surface area contributed by atoms with E-state index in [2.05, 4.69) is 41.6 Å². The molecule has 31 heavy (non-hydrogen) atoms. The molecule has 1 fully saturated rings. The minimum absolute atomic E-state index is 0.318. The number of anilines is 1. The fourth-order valence-electron chi connectivity index (χ4n) is 3.94. The molecule has 166 valence electrons. The van der Waals surface area contributed by atoms with Crippen LogP contribution < -0.4 is 10.6 Å². The van der Waals surface area contributed by atoms with Crippen LogP contribution >= 0.6 is 11.3 Å². The van der Waals surface area contributed by atoms with Gasteiger partial charge in [-0.15, -0.1) is 11.3 Å². The highest BCUT2D eigenvalue weighted by atomic mass is 32.1. The highest BCUT2D eigenvalue weighted by Gasteiger charge is 2.50. The van der Waals surface area contributed by atoms with Crippen LogP contribution in [0.2, 0.25) is 0 Å². The number of benzene rings is 1. The second-order valence-corrected chi connectivity index (χ2v) is 9.12. The third-order valence-electron chi connectivity index (χ3n) is 5.52. The van der Waals surface area contributed by atoms with E-state index in [1.54, 1.807) is 0 Å². The predicted molar refractivity (Wildman–Crippen MR) is 123 cm³/mol. The van der Waals surface area contributed by atoms with Gasteiger partial charge in [0.2, 0.25) is 5.91 Å². The maximum atomic E-state index is 12.9. The van der Waals surface area contributed by atoms with Crippen LogP contribution in [0.4, 0.5) is 9.93 Å². The lowest BCUT2D eigenvalue weighted by Crippen LogP contribution is -2.47. The lowest BCUT2D eigenvalue weighted by Gasteiger charge is -2.25. The molecule has 1 aliphatic rings. The number of nitrogens with zero attached hydrogens (tertiary/aromatic N) is 2. The highest BCUT2D eigenvalue weighted by molar-refractivity contribution is 7.14. The van der Waals surface area contributed by atoms with Gasteiger partial charge in [0, 0.05) is 10.9 Å². The summed E-state index contributed by atoms with van der Waals surface area (Å²) in [7, 11) is 0. The first-order valence-corrected chi connectivity index (χ1v) is 11.7. The van der Waals surface area contributed by atoms with Crippen molar-refractivity contribution < 1.29 is 14.4 Å². The molecule has 2 aromatic rings. The zero-order chi connectivity index (χ0) is 22.6. The molecule has 1 aliphatic heterocycles. The number of amides is 4. The third kappa shape index (κ3) is 4.95. The van der Waals surface area contributed by atoms with Gasteiger partial charge in [-0.05, 0) is 24.3 Å². The van der Waals surface area contributed by atoms with Crippen molar-refractivity contribution >= 4 is 34.3 Å². The summed E-state index contributed by atoms with van der Waals surface area (Å²) < 4.78 is 0. The lowest BCUT2D eigenvalue weighted by molar-refractivity contribution is -0.134. The first-order valence-electron chi connectivity index (χ1n) is 10.8. The Morgan fingerprint density at radius 2 is 1.81 bits per heavy atom. The average Bonchev–Trinajstić information content (AvgIpc) is 3.27. The van der Waals surface area contributed by atoms with E-state index in [1.807, 2.05) is 31.4 Å². The van der Waals surface area contributed by atoms with E-state index in [9.17, 15) is 14.4 Å². The number of hydrogen-bond acceptors (Lipinski definition) is 5. The van der Waals surface area contributed by atoms with Crippen molar-refractivity contribution in [1.29, 1.82) is 0 Å². The van der Waals surface area contributed by atoms with Crippen LogP contribution in [0.5, 0.6) is 0 Å². The molecule has 0 unspecified atom stereocenters. The number of hydrogen-bond donors (Lipinski definition) is 2. The number of carbonyl (C=O) groups is 3. The minimum Gasteiger partial charge on any atom is -0.323 e. The topological polar surface area (TPSA) is 91.4 Å². The van der Waals surface area contributed by atoms with Gasteiger partial charge >= 0.3 is 6.03 Å². The third-order valence-corrected chi connectivity index (χ3v) is 6.28. The first kappa shape index (κ1) is 22.9. The Hall–Kier alpha value is -2.74. The zero-order valence-corrected chi connectivity index (χ0v) is 19.3. The summed E-state index contributed by atoms with van der Waals surface area (Å²) in [4.78, 5) is 43.3. The molecule has 0 radical (unpaired) electrons. The van der Waals surface area contributed by atoms with Gasteiger partial charge in [-0.1, -0.05) is 64.8 Å².